The Morgan fingerprint density at radius 2 is 2.08 bits per heavy atom. The molecule has 1 aliphatic rings. The molecule has 1 atom stereocenters. The minimum atomic E-state index is -2.95. The minimum absolute atomic E-state index is 0.0417. The molecule has 0 fully saturated rings. The lowest BCUT2D eigenvalue weighted by Crippen LogP contribution is -2.37. The molecule has 2 heterocycles. The van der Waals surface area contributed by atoms with Crippen molar-refractivity contribution >= 4 is 29.5 Å². The molecule has 2 N–H and O–H groups in total. The Balaban J connectivity index is 2.32. The molecule has 24 heavy (non-hydrogen) atoms. The molecular formula is C15H27F2N3OS2Si. The predicted molar refractivity (Wildman–Crippen MR) is 99.5 cm³/mol. The average Bonchev–Trinajstić information content (AvgIpc) is 2.79. The van der Waals surface area contributed by atoms with Gasteiger partial charge >= 0.3 is 0 Å². The number of thiophene rings is 1. The van der Waals surface area contributed by atoms with Gasteiger partial charge in [-0.25, -0.2) is 18.1 Å². The van der Waals surface area contributed by atoms with Crippen molar-refractivity contribution in [1.29, 1.82) is 0 Å². The first-order valence-electron chi connectivity index (χ1n) is 8.00. The third-order valence-electron chi connectivity index (χ3n) is 4.81. The summed E-state index contributed by atoms with van der Waals surface area (Å²) < 4.78 is 43.4. The Hall–Kier alpha value is -0.353. The highest BCUT2D eigenvalue weighted by atomic mass is 32.2. The van der Waals surface area contributed by atoms with Crippen molar-refractivity contribution < 1.29 is 13.0 Å². The van der Waals surface area contributed by atoms with E-state index in [1.165, 1.54) is 11.3 Å². The SMILES string of the molecule is CC(C)(C)[Si](C)(C)N=S(N)(=O)c1cc2c(s1)CCN(CC(F)F)C2. The van der Waals surface area contributed by atoms with Crippen LogP contribution in [-0.4, -0.2) is 36.9 Å². The molecule has 0 saturated carbocycles. The zero-order chi connectivity index (χ0) is 18.3. The van der Waals surface area contributed by atoms with Crippen LogP contribution in [0.5, 0.6) is 0 Å². The van der Waals surface area contributed by atoms with E-state index in [-0.39, 0.29) is 11.6 Å². The van der Waals surface area contributed by atoms with Gasteiger partial charge in [-0.1, -0.05) is 20.8 Å². The van der Waals surface area contributed by atoms with E-state index in [4.69, 9.17) is 5.14 Å². The second-order valence-corrected chi connectivity index (χ2v) is 16.2. The van der Waals surface area contributed by atoms with Crippen molar-refractivity contribution in [2.75, 3.05) is 13.1 Å². The van der Waals surface area contributed by atoms with E-state index in [2.05, 4.69) is 37.9 Å². The van der Waals surface area contributed by atoms with E-state index in [1.54, 1.807) is 4.90 Å². The maximum absolute atomic E-state index is 13.0. The number of nitrogens with zero attached hydrogens (tertiary/aromatic N) is 2. The lowest BCUT2D eigenvalue weighted by atomic mass is 10.1. The third kappa shape index (κ3) is 4.43. The average molecular weight is 396 g/mol. The minimum Gasteiger partial charge on any atom is -0.293 e. The van der Waals surface area contributed by atoms with Crippen LogP contribution in [0.1, 0.15) is 31.2 Å². The third-order valence-corrected chi connectivity index (χ3v) is 14.1. The van der Waals surface area contributed by atoms with Crippen molar-refractivity contribution in [3.8, 4) is 0 Å². The topological polar surface area (TPSA) is 58.7 Å². The van der Waals surface area contributed by atoms with Crippen molar-refractivity contribution in [2.24, 2.45) is 9.17 Å². The van der Waals surface area contributed by atoms with Crippen LogP contribution >= 0.6 is 11.3 Å². The summed E-state index contributed by atoms with van der Waals surface area (Å²) in [7, 11) is -5.10. The number of fused-ring (bicyclic) bond motifs is 1. The second-order valence-electron chi connectivity index (χ2n) is 7.86. The molecule has 0 aromatic carbocycles. The molecule has 2 rings (SSSR count). The smallest absolute Gasteiger partial charge is 0.251 e. The van der Waals surface area contributed by atoms with Gasteiger partial charge in [0, 0.05) is 18.0 Å². The van der Waals surface area contributed by atoms with Gasteiger partial charge in [0.15, 0.2) is 8.24 Å². The van der Waals surface area contributed by atoms with Crippen molar-refractivity contribution in [3.63, 3.8) is 0 Å². The Bertz CT molecular complexity index is 719. The summed E-state index contributed by atoms with van der Waals surface area (Å²) in [6, 6.07) is 1.82. The molecule has 0 saturated heterocycles. The summed E-state index contributed by atoms with van der Waals surface area (Å²) in [4.78, 5) is 2.83. The summed E-state index contributed by atoms with van der Waals surface area (Å²) in [6.07, 6.45) is -1.64. The van der Waals surface area contributed by atoms with E-state index in [9.17, 15) is 13.0 Å². The first-order chi connectivity index (χ1) is 10.8. The maximum atomic E-state index is 13.0. The van der Waals surface area contributed by atoms with Gasteiger partial charge in [-0.2, -0.15) is 0 Å². The number of nitrogens with two attached hydrogens (primary N) is 1. The van der Waals surface area contributed by atoms with Gasteiger partial charge in [0.1, 0.15) is 14.1 Å². The van der Waals surface area contributed by atoms with Crippen LogP contribution in [0.2, 0.25) is 18.1 Å². The van der Waals surface area contributed by atoms with Gasteiger partial charge in [-0.15, -0.1) is 11.3 Å². The molecule has 0 radical (unpaired) electrons. The van der Waals surface area contributed by atoms with Crippen LogP contribution in [0.3, 0.4) is 0 Å². The highest BCUT2D eigenvalue weighted by Gasteiger charge is 2.37. The van der Waals surface area contributed by atoms with Gasteiger partial charge < -0.3 is 0 Å². The summed E-state index contributed by atoms with van der Waals surface area (Å²) >= 11 is 1.43. The first-order valence-corrected chi connectivity index (χ1v) is 13.3. The first kappa shape index (κ1) is 20.0. The Labute approximate surface area is 148 Å². The fourth-order valence-electron chi connectivity index (χ4n) is 2.38. The van der Waals surface area contributed by atoms with Crippen molar-refractivity contribution in [2.45, 2.75) is 62.5 Å². The van der Waals surface area contributed by atoms with Crippen molar-refractivity contribution in [1.82, 2.24) is 4.90 Å². The molecule has 1 unspecified atom stereocenters. The second kappa shape index (κ2) is 6.75. The fourth-order valence-corrected chi connectivity index (χ4v) is 8.87. The molecule has 1 aromatic rings. The molecule has 0 aliphatic carbocycles. The van der Waals surface area contributed by atoms with Gasteiger partial charge in [-0.05, 0) is 36.2 Å². The van der Waals surface area contributed by atoms with E-state index >= 15 is 0 Å². The van der Waals surface area contributed by atoms with Crippen LogP contribution in [0, 0.1) is 0 Å². The van der Waals surface area contributed by atoms with Gasteiger partial charge in [-0.3, -0.25) is 8.93 Å². The number of hydrogen-bond donors (Lipinski definition) is 1. The van der Waals surface area contributed by atoms with E-state index < -0.39 is 24.6 Å². The van der Waals surface area contributed by atoms with Gasteiger partial charge in [0.05, 0.1) is 6.54 Å². The van der Waals surface area contributed by atoms with Gasteiger partial charge in [0.25, 0.3) is 6.43 Å². The number of hydrogen-bond acceptors (Lipinski definition) is 4. The monoisotopic (exact) mass is 395 g/mol. The van der Waals surface area contributed by atoms with Gasteiger partial charge in [0.2, 0.25) is 0 Å². The van der Waals surface area contributed by atoms with Crippen LogP contribution in [-0.2, 0) is 22.9 Å². The summed E-state index contributed by atoms with van der Waals surface area (Å²) in [6.45, 7) is 11.3. The quantitative estimate of drug-likeness (QED) is 0.781. The number of alkyl halides is 2. The zero-order valence-electron chi connectivity index (χ0n) is 14.9. The normalized spacial score (nSPS) is 19.2. The lowest BCUT2D eigenvalue weighted by molar-refractivity contribution is 0.0824. The lowest BCUT2D eigenvalue weighted by Gasteiger charge is -2.32. The molecule has 4 nitrogen and oxygen atoms in total. The summed E-state index contributed by atoms with van der Waals surface area (Å²) in [5, 5.41) is 6.08. The molecule has 0 spiro atoms. The van der Waals surface area contributed by atoms with E-state index in [0.29, 0.717) is 23.7 Å². The molecule has 1 aromatic heterocycles. The van der Waals surface area contributed by atoms with Crippen LogP contribution in [0.15, 0.2) is 14.3 Å². The fraction of sp³-hybridized carbons (Fsp3) is 0.733. The molecular weight excluding hydrogens is 368 g/mol. The largest absolute Gasteiger partial charge is 0.293 e. The molecule has 1 aliphatic heterocycles. The highest BCUT2D eigenvalue weighted by molar-refractivity contribution is 7.94. The number of rotatable bonds is 4. The summed E-state index contributed by atoms with van der Waals surface area (Å²) in [5.74, 6) is 0. The van der Waals surface area contributed by atoms with E-state index in [1.807, 2.05) is 6.07 Å². The molecule has 138 valence electrons. The van der Waals surface area contributed by atoms with E-state index in [0.717, 1.165) is 10.4 Å². The maximum Gasteiger partial charge on any atom is 0.251 e. The Kier molecular flexibility index (Phi) is 5.62. The number of halogens is 2. The Morgan fingerprint density at radius 3 is 2.62 bits per heavy atom. The predicted octanol–water partition coefficient (Wildman–Crippen LogP) is 4.08. The standard InChI is InChI=1S/C15H27F2N3OS2Si/c1-15(2,3)24(4,5)19-23(18,21)14-8-11-9-20(10-13(16)17)7-6-12(11)22-14/h8,13H,6-7,9-10H2,1-5H3,(H2,18,19,21). The van der Waals surface area contributed by atoms with Crippen LogP contribution < -0.4 is 5.14 Å². The summed E-state index contributed by atoms with van der Waals surface area (Å²) in [5.41, 5.74) is 0.963. The van der Waals surface area contributed by atoms with Crippen molar-refractivity contribution in [3.05, 3.63) is 16.5 Å². The van der Waals surface area contributed by atoms with Crippen LogP contribution in [0.4, 0.5) is 8.78 Å². The Morgan fingerprint density at radius 1 is 1.46 bits per heavy atom. The van der Waals surface area contributed by atoms with Crippen LogP contribution in [0.25, 0.3) is 0 Å². The molecule has 9 heteroatoms. The highest BCUT2D eigenvalue weighted by Crippen LogP contribution is 2.39. The molecule has 0 bridgehead atoms. The molecule has 0 amide bonds. The zero-order valence-corrected chi connectivity index (χ0v) is 17.6.